The smallest absolute Gasteiger partial charge is 0.254 e. The van der Waals surface area contributed by atoms with Gasteiger partial charge < -0.3 is 18.9 Å². The van der Waals surface area contributed by atoms with Crippen molar-refractivity contribution in [1.82, 2.24) is 15.0 Å². The number of ether oxygens (including phenoxy) is 2. The first-order valence-electron chi connectivity index (χ1n) is 9.25. The summed E-state index contributed by atoms with van der Waals surface area (Å²) in [7, 11) is 3.10. The van der Waals surface area contributed by atoms with Crippen LogP contribution in [0.25, 0.3) is 11.4 Å². The Kier molecular flexibility index (Phi) is 5.87. The van der Waals surface area contributed by atoms with E-state index in [0.717, 1.165) is 5.56 Å². The van der Waals surface area contributed by atoms with Crippen molar-refractivity contribution in [3.63, 3.8) is 0 Å². The summed E-state index contributed by atoms with van der Waals surface area (Å²) < 4.78 is 16.0. The van der Waals surface area contributed by atoms with E-state index in [9.17, 15) is 4.79 Å². The molecule has 0 unspecified atom stereocenters. The Morgan fingerprint density at radius 1 is 1.03 bits per heavy atom. The summed E-state index contributed by atoms with van der Waals surface area (Å²) >= 11 is 0. The lowest BCUT2D eigenvalue weighted by molar-refractivity contribution is 0.0526. The summed E-state index contributed by atoms with van der Waals surface area (Å²) in [5, 5.41) is 4.04. The summed E-state index contributed by atoms with van der Waals surface area (Å²) in [5.74, 6) is 1.76. The predicted octanol–water partition coefficient (Wildman–Crippen LogP) is 4.19. The highest BCUT2D eigenvalue weighted by atomic mass is 16.5. The summed E-state index contributed by atoms with van der Waals surface area (Å²) in [6.45, 7) is 6.07. The van der Waals surface area contributed by atoms with Crippen LogP contribution in [-0.2, 0) is 6.54 Å². The highest BCUT2D eigenvalue weighted by molar-refractivity contribution is 5.95. The molecule has 1 aromatic heterocycles. The lowest BCUT2D eigenvalue weighted by atomic mass is 10.0. The van der Waals surface area contributed by atoms with Gasteiger partial charge in [-0.05, 0) is 39.0 Å². The van der Waals surface area contributed by atoms with E-state index >= 15 is 0 Å². The highest BCUT2D eigenvalue weighted by Crippen LogP contribution is 2.29. The molecule has 0 saturated heterocycles. The zero-order valence-electron chi connectivity index (χ0n) is 17.3. The molecule has 7 nitrogen and oxygen atoms in total. The second-order valence-corrected chi connectivity index (χ2v) is 7.51. The minimum absolute atomic E-state index is 0.169. The van der Waals surface area contributed by atoms with Gasteiger partial charge in [0, 0.05) is 16.7 Å². The van der Waals surface area contributed by atoms with E-state index < -0.39 is 5.54 Å². The van der Waals surface area contributed by atoms with E-state index in [-0.39, 0.29) is 12.5 Å². The number of carbonyl (C=O) groups is 1. The Labute approximate surface area is 170 Å². The largest absolute Gasteiger partial charge is 0.493 e. The van der Waals surface area contributed by atoms with E-state index in [1.165, 1.54) is 7.11 Å². The first-order chi connectivity index (χ1) is 13.8. The van der Waals surface area contributed by atoms with Crippen molar-refractivity contribution in [2.75, 3.05) is 14.2 Å². The number of hydrogen-bond acceptors (Lipinski definition) is 6. The van der Waals surface area contributed by atoms with Gasteiger partial charge in [0.05, 0.1) is 14.2 Å². The van der Waals surface area contributed by atoms with Crippen molar-refractivity contribution >= 4 is 5.91 Å². The van der Waals surface area contributed by atoms with Gasteiger partial charge in [0.1, 0.15) is 6.54 Å². The second-order valence-electron chi connectivity index (χ2n) is 7.51. The molecule has 7 heteroatoms. The Bertz CT molecular complexity index is 977. The van der Waals surface area contributed by atoms with Gasteiger partial charge in [-0.15, -0.1) is 0 Å². The highest BCUT2D eigenvalue weighted by Gasteiger charge is 2.30. The van der Waals surface area contributed by atoms with Crippen LogP contribution >= 0.6 is 0 Å². The maximum absolute atomic E-state index is 13.3. The maximum Gasteiger partial charge on any atom is 0.254 e. The normalized spacial score (nSPS) is 11.2. The quantitative estimate of drug-likeness (QED) is 0.623. The van der Waals surface area contributed by atoms with Crippen LogP contribution in [0.2, 0.25) is 0 Å². The van der Waals surface area contributed by atoms with Crippen molar-refractivity contribution in [3.05, 3.63) is 60.0 Å². The Balaban J connectivity index is 1.88. The molecule has 0 aliphatic rings. The van der Waals surface area contributed by atoms with Gasteiger partial charge in [0.15, 0.2) is 11.5 Å². The predicted molar refractivity (Wildman–Crippen MR) is 109 cm³/mol. The summed E-state index contributed by atoms with van der Waals surface area (Å²) in [5.41, 5.74) is 0.877. The maximum atomic E-state index is 13.3. The number of nitrogens with zero attached hydrogens (tertiary/aromatic N) is 3. The van der Waals surface area contributed by atoms with Crippen molar-refractivity contribution in [3.8, 4) is 22.9 Å². The van der Waals surface area contributed by atoms with E-state index in [1.54, 1.807) is 30.2 Å². The van der Waals surface area contributed by atoms with Crippen LogP contribution in [0, 0.1) is 0 Å². The molecular weight excluding hydrogens is 370 g/mol. The fourth-order valence-electron chi connectivity index (χ4n) is 2.90. The monoisotopic (exact) mass is 395 g/mol. The number of aromatic nitrogens is 2. The molecule has 29 heavy (non-hydrogen) atoms. The lowest BCUT2D eigenvalue weighted by Gasteiger charge is -2.34. The van der Waals surface area contributed by atoms with Gasteiger partial charge in [-0.1, -0.05) is 35.5 Å². The Morgan fingerprint density at radius 2 is 1.72 bits per heavy atom. The Hall–Kier alpha value is -3.35. The van der Waals surface area contributed by atoms with Crippen LogP contribution in [0.4, 0.5) is 0 Å². The number of carbonyl (C=O) groups excluding carboxylic acids is 1. The van der Waals surface area contributed by atoms with Crippen molar-refractivity contribution < 1.29 is 18.8 Å². The number of methoxy groups -OCH3 is 2. The molecular formula is C22H25N3O4. The number of rotatable bonds is 6. The number of benzene rings is 2. The van der Waals surface area contributed by atoms with Gasteiger partial charge >= 0.3 is 0 Å². The SMILES string of the molecule is COc1ccc(C(=O)N(Cc2nc(-c3ccccc3)no2)C(C)(C)C)cc1OC. The molecule has 0 aliphatic carbocycles. The average Bonchev–Trinajstić information content (AvgIpc) is 3.19. The average molecular weight is 395 g/mol. The summed E-state index contributed by atoms with van der Waals surface area (Å²) in [4.78, 5) is 19.4. The van der Waals surface area contributed by atoms with Crippen LogP contribution in [0.1, 0.15) is 37.0 Å². The van der Waals surface area contributed by atoms with Crippen molar-refractivity contribution in [1.29, 1.82) is 0 Å². The third-order valence-electron chi connectivity index (χ3n) is 4.48. The standard InChI is InChI=1S/C22H25N3O4/c1-22(2,3)25(21(26)16-11-12-17(27-4)18(13-16)28-5)14-19-23-20(24-29-19)15-9-7-6-8-10-15/h6-13H,14H2,1-5H3. The third kappa shape index (κ3) is 4.56. The molecule has 0 N–H and O–H groups in total. The first kappa shape index (κ1) is 20.4. The molecule has 3 rings (SSSR count). The number of hydrogen-bond donors (Lipinski definition) is 0. The molecule has 0 radical (unpaired) electrons. The fourth-order valence-corrected chi connectivity index (χ4v) is 2.90. The fraction of sp³-hybridized carbons (Fsp3) is 0.318. The molecule has 152 valence electrons. The third-order valence-corrected chi connectivity index (χ3v) is 4.48. The molecule has 0 fully saturated rings. The van der Waals surface area contributed by atoms with Crippen LogP contribution in [0.3, 0.4) is 0 Å². The summed E-state index contributed by atoms with van der Waals surface area (Å²) in [6, 6.07) is 14.7. The van der Waals surface area contributed by atoms with Crippen LogP contribution in [0.5, 0.6) is 11.5 Å². The minimum atomic E-state index is -0.467. The lowest BCUT2D eigenvalue weighted by Crippen LogP contribution is -2.45. The second kappa shape index (κ2) is 8.34. The molecule has 1 heterocycles. The van der Waals surface area contributed by atoms with Gasteiger partial charge in [-0.3, -0.25) is 4.79 Å². The van der Waals surface area contributed by atoms with Crippen molar-refractivity contribution in [2.24, 2.45) is 0 Å². The van der Waals surface area contributed by atoms with Crippen LogP contribution in [0.15, 0.2) is 53.1 Å². The molecule has 1 amide bonds. The zero-order valence-corrected chi connectivity index (χ0v) is 17.3. The van der Waals surface area contributed by atoms with Crippen molar-refractivity contribution in [2.45, 2.75) is 32.9 Å². The van der Waals surface area contributed by atoms with Gasteiger partial charge in [0.2, 0.25) is 11.7 Å². The summed E-state index contributed by atoms with van der Waals surface area (Å²) in [6.07, 6.45) is 0. The van der Waals surface area contributed by atoms with Gasteiger partial charge in [-0.2, -0.15) is 4.98 Å². The molecule has 0 bridgehead atoms. The zero-order chi connectivity index (χ0) is 21.0. The van der Waals surface area contributed by atoms with E-state index in [4.69, 9.17) is 14.0 Å². The molecule has 0 spiro atoms. The minimum Gasteiger partial charge on any atom is -0.493 e. The number of amides is 1. The van der Waals surface area contributed by atoms with E-state index in [2.05, 4.69) is 10.1 Å². The topological polar surface area (TPSA) is 77.7 Å². The molecule has 0 atom stereocenters. The molecule has 0 saturated carbocycles. The van der Waals surface area contributed by atoms with E-state index in [1.807, 2.05) is 51.1 Å². The Morgan fingerprint density at radius 3 is 2.34 bits per heavy atom. The van der Waals surface area contributed by atoms with Crippen LogP contribution in [-0.4, -0.2) is 40.7 Å². The molecule has 0 aliphatic heterocycles. The molecule has 3 aromatic rings. The van der Waals surface area contributed by atoms with Crippen LogP contribution < -0.4 is 9.47 Å². The van der Waals surface area contributed by atoms with Gasteiger partial charge in [-0.25, -0.2) is 0 Å². The molecule has 2 aromatic carbocycles. The first-order valence-corrected chi connectivity index (χ1v) is 9.25. The van der Waals surface area contributed by atoms with Gasteiger partial charge in [0.25, 0.3) is 5.91 Å². The van der Waals surface area contributed by atoms with E-state index in [0.29, 0.717) is 28.8 Å².